The van der Waals surface area contributed by atoms with Gasteiger partial charge in [0.1, 0.15) is 6.04 Å². The molecule has 0 aromatic rings. The van der Waals surface area contributed by atoms with Crippen LogP contribution in [-0.4, -0.2) is 28.6 Å². The Bertz CT molecular complexity index is 195. The summed E-state index contributed by atoms with van der Waals surface area (Å²) in [4.78, 5) is 10.3. The summed E-state index contributed by atoms with van der Waals surface area (Å²) in [6, 6.07) is -0.746. The van der Waals surface area contributed by atoms with E-state index < -0.39 is 12.0 Å². The number of carboxylic acid groups (broad SMARTS) is 1. The fraction of sp³-hybridized carbons (Fsp3) is 0.625. The monoisotopic (exact) mass is 187 g/mol. The zero-order valence-electron chi connectivity index (χ0n) is 7.04. The molecule has 0 aromatic heterocycles. The van der Waals surface area contributed by atoms with Gasteiger partial charge in [-0.1, -0.05) is 0 Å². The van der Waals surface area contributed by atoms with Crippen molar-refractivity contribution in [3.8, 4) is 11.8 Å². The first-order valence-corrected chi connectivity index (χ1v) is 4.79. The summed E-state index contributed by atoms with van der Waals surface area (Å²) >= 11 is 1.52. The van der Waals surface area contributed by atoms with E-state index in [1.807, 2.05) is 0 Å². The lowest BCUT2D eigenvalue weighted by molar-refractivity contribution is -0.137. The summed E-state index contributed by atoms with van der Waals surface area (Å²) in [5, 5.41) is 8.42. The van der Waals surface area contributed by atoms with Gasteiger partial charge in [0.2, 0.25) is 0 Å². The smallest absolute Gasteiger partial charge is 0.321 e. The summed E-state index contributed by atoms with van der Waals surface area (Å²) in [6.07, 6.45) is 0.799. The van der Waals surface area contributed by atoms with Gasteiger partial charge in [-0.2, -0.15) is 11.8 Å². The van der Waals surface area contributed by atoms with Gasteiger partial charge in [0.15, 0.2) is 0 Å². The zero-order chi connectivity index (χ0) is 9.40. The first-order valence-electron chi connectivity index (χ1n) is 3.64. The second kappa shape index (κ2) is 7.01. The zero-order valence-corrected chi connectivity index (χ0v) is 7.86. The number of hydrogen-bond acceptors (Lipinski definition) is 3. The Hall–Kier alpha value is -0.660. The van der Waals surface area contributed by atoms with Crippen molar-refractivity contribution in [3.63, 3.8) is 0 Å². The van der Waals surface area contributed by atoms with Crippen molar-refractivity contribution < 1.29 is 9.90 Å². The number of carbonyl (C=O) groups is 1. The van der Waals surface area contributed by atoms with Crippen LogP contribution in [0.2, 0.25) is 0 Å². The van der Waals surface area contributed by atoms with E-state index in [9.17, 15) is 4.79 Å². The fourth-order valence-corrected chi connectivity index (χ4v) is 1.34. The summed E-state index contributed by atoms with van der Waals surface area (Å²) in [5.74, 6) is 6.03. The van der Waals surface area contributed by atoms with Crippen molar-refractivity contribution in [2.75, 3.05) is 11.5 Å². The van der Waals surface area contributed by atoms with Crippen LogP contribution in [0.25, 0.3) is 0 Å². The molecule has 1 atom stereocenters. The molecule has 0 aliphatic heterocycles. The van der Waals surface area contributed by atoms with E-state index in [1.165, 1.54) is 11.8 Å². The van der Waals surface area contributed by atoms with Crippen molar-refractivity contribution in [2.45, 2.75) is 19.4 Å². The normalized spacial score (nSPS) is 11.5. The van der Waals surface area contributed by atoms with Gasteiger partial charge in [0, 0.05) is 17.9 Å². The molecule has 0 aromatic carbocycles. The van der Waals surface area contributed by atoms with Gasteiger partial charge in [0.05, 0.1) is 0 Å². The third-order valence-corrected chi connectivity index (χ3v) is 2.25. The molecule has 3 nitrogen and oxygen atoms in total. The number of rotatable bonds is 5. The third-order valence-electron chi connectivity index (χ3n) is 1.16. The molecule has 0 fully saturated rings. The maximum atomic E-state index is 10.3. The van der Waals surface area contributed by atoms with Crippen LogP contribution in [0.4, 0.5) is 0 Å². The SMILES string of the molecule is CC#CCCSCC(N)C(=O)O. The summed E-state index contributed by atoms with van der Waals surface area (Å²) in [7, 11) is 0. The number of aliphatic carboxylic acids is 1. The average molecular weight is 187 g/mol. The van der Waals surface area contributed by atoms with E-state index in [-0.39, 0.29) is 0 Å². The minimum absolute atomic E-state index is 0.459. The molecule has 0 bridgehead atoms. The molecular formula is C8H13NO2S. The highest BCUT2D eigenvalue weighted by Crippen LogP contribution is 2.03. The van der Waals surface area contributed by atoms with Gasteiger partial charge in [-0.25, -0.2) is 0 Å². The molecule has 0 aliphatic carbocycles. The molecular weight excluding hydrogens is 174 g/mol. The predicted molar refractivity (Wildman–Crippen MR) is 51.0 cm³/mol. The maximum Gasteiger partial charge on any atom is 0.321 e. The lowest BCUT2D eigenvalue weighted by Crippen LogP contribution is -2.32. The first-order chi connectivity index (χ1) is 5.68. The van der Waals surface area contributed by atoms with Crippen LogP contribution >= 0.6 is 11.8 Å². The standard InChI is InChI=1S/C8H13NO2S/c1-2-3-4-5-12-6-7(9)8(10)11/h7H,4-6,9H2,1H3,(H,10,11). The van der Waals surface area contributed by atoms with Crippen LogP contribution in [0, 0.1) is 11.8 Å². The molecule has 0 rings (SSSR count). The van der Waals surface area contributed by atoms with Crippen molar-refractivity contribution >= 4 is 17.7 Å². The Balaban J connectivity index is 3.29. The van der Waals surface area contributed by atoms with E-state index in [4.69, 9.17) is 10.8 Å². The van der Waals surface area contributed by atoms with Gasteiger partial charge in [-0.15, -0.1) is 11.8 Å². The Labute approximate surface area is 76.7 Å². The van der Waals surface area contributed by atoms with Crippen molar-refractivity contribution in [1.82, 2.24) is 0 Å². The van der Waals surface area contributed by atoms with E-state index in [0.29, 0.717) is 5.75 Å². The Kier molecular flexibility index (Phi) is 6.63. The molecule has 4 heteroatoms. The average Bonchev–Trinajstić information content (AvgIpc) is 2.03. The van der Waals surface area contributed by atoms with Crippen LogP contribution < -0.4 is 5.73 Å². The molecule has 0 saturated heterocycles. The molecule has 0 spiro atoms. The third kappa shape index (κ3) is 6.08. The molecule has 0 radical (unpaired) electrons. The summed E-state index contributed by atoms with van der Waals surface area (Å²) < 4.78 is 0. The molecule has 0 amide bonds. The van der Waals surface area contributed by atoms with Gasteiger partial charge >= 0.3 is 5.97 Å². The lowest BCUT2D eigenvalue weighted by atomic mass is 10.4. The van der Waals surface area contributed by atoms with E-state index >= 15 is 0 Å². The highest BCUT2D eigenvalue weighted by molar-refractivity contribution is 7.99. The van der Waals surface area contributed by atoms with E-state index in [0.717, 1.165) is 12.2 Å². The minimum Gasteiger partial charge on any atom is -0.480 e. The van der Waals surface area contributed by atoms with Gasteiger partial charge in [0.25, 0.3) is 0 Å². The molecule has 1 unspecified atom stereocenters. The highest BCUT2D eigenvalue weighted by Gasteiger charge is 2.09. The van der Waals surface area contributed by atoms with Crippen LogP contribution in [0.1, 0.15) is 13.3 Å². The number of hydrogen-bond donors (Lipinski definition) is 2. The van der Waals surface area contributed by atoms with Crippen molar-refractivity contribution in [2.24, 2.45) is 5.73 Å². The van der Waals surface area contributed by atoms with Gasteiger partial charge in [-0.3, -0.25) is 4.79 Å². The molecule has 0 heterocycles. The summed E-state index contributed by atoms with van der Waals surface area (Å²) in [6.45, 7) is 1.79. The molecule has 68 valence electrons. The Morgan fingerprint density at radius 3 is 2.92 bits per heavy atom. The van der Waals surface area contributed by atoms with Crippen LogP contribution in [0.3, 0.4) is 0 Å². The highest BCUT2D eigenvalue weighted by atomic mass is 32.2. The van der Waals surface area contributed by atoms with Gasteiger partial charge in [-0.05, 0) is 6.92 Å². The van der Waals surface area contributed by atoms with Crippen LogP contribution in [-0.2, 0) is 4.79 Å². The molecule has 0 aliphatic rings. The Morgan fingerprint density at radius 1 is 1.75 bits per heavy atom. The Morgan fingerprint density at radius 2 is 2.42 bits per heavy atom. The second-order valence-corrected chi connectivity index (χ2v) is 3.35. The first kappa shape index (κ1) is 11.3. The molecule has 0 saturated carbocycles. The molecule has 3 N–H and O–H groups in total. The summed E-state index contributed by atoms with van der Waals surface area (Å²) in [5.41, 5.74) is 5.27. The van der Waals surface area contributed by atoms with E-state index in [2.05, 4.69) is 11.8 Å². The molecule has 12 heavy (non-hydrogen) atoms. The van der Waals surface area contributed by atoms with Crippen molar-refractivity contribution in [1.29, 1.82) is 0 Å². The quantitative estimate of drug-likeness (QED) is 0.487. The number of carboxylic acids is 1. The van der Waals surface area contributed by atoms with E-state index in [1.54, 1.807) is 6.92 Å². The van der Waals surface area contributed by atoms with Gasteiger partial charge < -0.3 is 10.8 Å². The van der Waals surface area contributed by atoms with Crippen LogP contribution in [0.5, 0.6) is 0 Å². The fourth-order valence-electron chi connectivity index (χ4n) is 0.530. The number of thioether (sulfide) groups is 1. The number of nitrogens with two attached hydrogens (primary N) is 1. The maximum absolute atomic E-state index is 10.3. The second-order valence-electron chi connectivity index (χ2n) is 2.20. The topological polar surface area (TPSA) is 63.3 Å². The largest absolute Gasteiger partial charge is 0.480 e. The van der Waals surface area contributed by atoms with Crippen LogP contribution in [0.15, 0.2) is 0 Å². The van der Waals surface area contributed by atoms with Crippen molar-refractivity contribution in [3.05, 3.63) is 0 Å². The lowest BCUT2D eigenvalue weighted by Gasteiger charge is -2.03. The minimum atomic E-state index is -0.941. The predicted octanol–water partition coefficient (Wildman–Crippen LogP) is 0.545.